The molecule has 0 saturated heterocycles. The van der Waals surface area contributed by atoms with E-state index in [4.69, 9.17) is 11.6 Å². The Morgan fingerprint density at radius 1 is 1.05 bits per heavy atom. The van der Waals surface area contributed by atoms with Crippen LogP contribution in [-0.4, -0.2) is 53.6 Å². The highest BCUT2D eigenvalue weighted by atomic mass is 35.5. The van der Waals surface area contributed by atoms with E-state index in [2.05, 4.69) is 36.1 Å². The summed E-state index contributed by atoms with van der Waals surface area (Å²) < 4.78 is 3.33. The number of pyridine rings is 1. The van der Waals surface area contributed by atoms with E-state index in [1.54, 1.807) is 40.7 Å². The molecule has 0 bridgehead atoms. The summed E-state index contributed by atoms with van der Waals surface area (Å²) in [6.07, 6.45) is 5.75. The molecule has 0 radical (unpaired) electrons. The Balaban J connectivity index is 1.18. The molecule has 0 fully saturated rings. The van der Waals surface area contributed by atoms with Gasteiger partial charge in [-0.15, -0.1) is 5.10 Å². The first-order valence-corrected chi connectivity index (χ1v) is 14.2. The number of aromatic nitrogens is 7. The van der Waals surface area contributed by atoms with Crippen LogP contribution in [0.3, 0.4) is 0 Å². The molecule has 218 valence electrons. The number of carbonyl (C=O) groups is 2. The van der Waals surface area contributed by atoms with Crippen molar-refractivity contribution in [2.75, 3.05) is 12.4 Å². The fourth-order valence-electron chi connectivity index (χ4n) is 5.36. The number of nitrogens with zero attached hydrogens (tertiary/aromatic N) is 6. The molecule has 2 aromatic carbocycles. The minimum atomic E-state index is -0.225. The number of tetrazole rings is 1. The smallest absolute Gasteiger partial charge is 0.252 e. The first-order chi connectivity index (χ1) is 20.9. The molecule has 1 aliphatic heterocycles. The van der Waals surface area contributed by atoms with Gasteiger partial charge in [0.05, 0.1) is 23.6 Å². The van der Waals surface area contributed by atoms with Crippen LogP contribution in [0.4, 0.5) is 5.69 Å². The lowest BCUT2D eigenvalue weighted by Gasteiger charge is -2.15. The molecule has 1 atom stereocenters. The summed E-state index contributed by atoms with van der Waals surface area (Å²) in [6.45, 7) is 0. The quantitative estimate of drug-likeness (QED) is 0.233. The zero-order valence-electron chi connectivity index (χ0n) is 23.2. The lowest BCUT2D eigenvalue weighted by atomic mass is 10.0. The zero-order chi connectivity index (χ0) is 29.9. The van der Waals surface area contributed by atoms with Gasteiger partial charge < -0.3 is 20.2 Å². The van der Waals surface area contributed by atoms with Crippen molar-refractivity contribution in [2.45, 2.75) is 38.1 Å². The fraction of sp³-hybridized carbons (Fsp3) is 0.233. The van der Waals surface area contributed by atoms with Gasteiger partial charge in [0.25, 0.3) is 5.56 Å². The number of aromatic amines is 1. The van der Waals surface area contributed by atoms with Gasteiger partial charge in [0, 0.05) is 47.9 Å². The lowest BCUT2D eigenvalue weighted by Crippen LogP contribution is -2.23. The van der Waals surface area contributed by atoms with Crippen LogP contribution in [0.25, 0.3) is 28.1 Å². The Morgan fingerprint density at radius 2 is 1.86 bits per heavy atom. The summed E-state index contributed by atoms with van der Waals surface area (Å²) in [4.78, 5) is 45.0. The summed E-state index contributed by atoms with van der Waals surface area (Å²) in [7, 11) is 1.58. The van der Waals surface area contributed by atoms with Gasteiger partial charge in [-0.3, -0.25) is 14.4 Å². The molecule has 3 N–H and O–H groups in total. The van der Waals surface area contributed by atoms with Gasteiger partial charge in [0.15, 0.2) is 0 Å². The number of amides is 2. The number of aryl methyl sites for hydroxylation is 1. The summed E-state index contributed by atoms with van der Waals surface area (Å²) in [5.74, 6) is 0.477. The maximum atomic E-state index is 13.5. The number of hydrogen-bond acceptors (Lipinski definition) is 7. The second-order valence-corrected chi connectivity index (χ2v) is 10.7. The van der Waals surface area contributed by atoms with E-state index in [1.165, 1.54) is 6.33 Å². The fourth-order valence-corrected chi connectivity index (χ4v) is 5.54. The van der Waals surface area contributed by atoms with Crippen LogP contribution < -0.4 is 16.2 Å². The molecule has 3 aromatic heterocycles. The predicted molar refractivity (Wildman–Crippen MR) is 161 cm³/mol. The molecule has 0 saturated carbocycles. The van der Waals surface area contributed by atoms with Crippen molar-refractivity contribution in [1.29, 1.82) is 0 Å². The SMILES string of the molecule is CNC(=O)CCCC(=O)Nc1ccc(-c2cnc([C@@H]3CCc4cc(-c5cc(Cl)ccc5-n5cnnn5)cc(=O)n43)[nH]2)cc1. The number of rotatable bonds is 9. The van der Waals surface area contributed by atoms with Crippen LogP contribution in [0.2, 0.25) is 5.02 Å². The molecule has 12 nitrogen and oxygen atoms in total. The molecule has 1 aliphatic rings. The third-order valence-electron chi connectivity index (χ3n) is 7.48. The number of imidazole rings is 1. The average molecular weight is 598 g/mol. The van der Waals surface area contributed by atoms with Crippen LogP contribution in [0.1, 0.15) is 43.2 Å². The van der Waals surface area contributed by atoms with E-state index in [9.17, 15) is 14.4 Å². The Kier molecular flexibility index (Phi) is 7.84. The number of anilines is 1. The molecule has 0 aliphatic carbocycles. The molecular weight excluding hydrogens is 570 g/mol. The highest BCUT2D eigenvalue weighted by molar-refractivity contribution is 6.31. The van der Waals surface area contributed by atoms with E-state index < -0.39 is 0 Å². The normalized spacial score (nSPS) is 14.0. The van der Waals surface area contributed by atoms with Gasteiger partial charge in [-0.2, -0.15) is 4.68 Å². The Morgan fingerprint density at radius 3 is 2.63 bits per heavy atom. The second-order valence-electron chi connectivity index (χ2n) is 10.2. The maximum absolute atomic E-state index is 13.5. The highest BCUT2D eigenvalue weighted by Crippen LogP contribution is 2.34. The third kappa shape index (κ3) is 5.95. The number of nitrogens with one attached hydrogen (secondary N) is 3. The van der Waals surface area contributed by atoms with Crippen molar-refractivity contribution >= 4 is 29.1 Å². The van der Waals surface area contributed by atoms with Crippen LogP contribution >= 0.6 is 11.6 Å². The summed E-state index contributed by atoms with van der Waals surface area (Å²) in [5.41, 5.74) is 5.36. The Bertz CT molecular complexity index is 1850. The molecule has 13 heteroatoms. The monoisotopic (exact) mass is 597 g/mol. The van der Waals surface area contributed by atoms with E-state index >= 15 is 0 Å². The molecule has 0 spiro atoms. The van der Waals surface area contributed by atoms with Crippen molar-refractivity contribution < 1.29 is 9.59 Å². The predicted octanol–water partition coefficient (Wildman–Crippen LogP) is 3.92. The Hall–Kier alpha value is -5.10. The van der Waals surface area contributed by atoms with Gasteiger partial charge >= 0.3 is 0 Å². The zero-order valence-corrected chi connectivity index (χ0v) is 24.0. The second kappa shape index (κ2) is 12.0. The van der Waals surface area contributed by atoms with Crippen molar-refractivity contribution in [1.82, 2.24) is 40.1 Å². The maximum Gasteiger partial charge on any atom is 0.252 e. The number of carbonyl (C=O) groups excluding carboxylic acids is 2. The topological polar surface area (TPSA) is 152 Å². The minimum absolute atomic E-state index is 0.0831. The average Bonchev–Trinajstić information content (AvgIpc) is 3.79. The lowest BCUT2D eigenvalue weighted by molar-refractivity contribution is -0.120. The summed E-state index contributed by atoms with van der Waals surface area (Å²) in [5, 5.41) is 17.4. The van der Waals surface area contributed by atoms with Crippen LogP contribution in [-0.2, 0) is 16.0 Å². The highest BCUT2D eigenvalue weighted by Gasteiger charge is 2.28. The number of fused-ring (bicyclic) bond motifs is 1. The van der Waals surface area contributed by atoms with Gasteiger partial charge in [-0.05, 0) is 77.2 Å². The van der Waals surface area contributed by atoms with Crippen molar-refractivity contribution in [3.63, 3.8) is 0 Å². The van der Waals surface area contributed by atoms with Crippen LogP contribution in [0, 0.1) is 0 Å². The van der Waals surface area contributed by atoms with E-state index in [0.717, 1.165) is 40.2 Å². The van der Waals surface area contributed by atoms with Crippen molar-refractivity contribution in [3.05, 3.63) is 94.0 Å². The number of halogens is 1. The van der Waals surface area contributed by atoms with Gasteiger partial charge in [0.1, 0.15) is 12.2 Å². The minimum Gasteiger partial charge on any atom is -0.359 e. The summed E-state index contributed by atoms with van der Waals surface area (Å²) in [6, 6.07) is 16.2. The van der Waals surface area contributed by atoms with E-state index in [0.29, 0.717) is 35.8 Å². The molecule has 0 unspecified atom stereocenters. The molecule has 6 rings (SSSR count). The summed E-state index contributed by atoms with van der Waals surface area (Å²) >= 11 is 6.32. The standard InChI is InChI=1S/C30H28ClN9O3/c1-32-27(41)3-2-4-28(42)35-21-8-5-18(6-9-21)24-16-33-30(36-24)26-12-10-22-13-19(14-29(43)40(22)26)23-15-20(31)7-11-25(23)39-17-34-37-38-39/h5-9,11,13-17,26H,2-4,10,12H2,1H3,(H,32,41)(H,33,36)(H,35,42)/t26-/m0/s1. The van der Waals surface area contributed by atoms with Gasteiger partial charge in [-0.25, -0.2) is 4.98 Å². The van der Waals surface area contributed by atoms with Crippen LogP contribution in [0.5, 0.6) is 0 Å². The van der Waals surface area contributed by atoms with Gasteiger partial charge in [-0.1, -0.05) is 23.7 Å². The number of H-pyrrole nitrogens is 1. The van der Waals surface area contributed by atoms with E-state index in [1.807, 2.05) is 36.4 Å². The molecule has 4 heterocycles. The van der Waals surface area contributed by atoms with Crippen molar-refractivity contribution in [3.8, 4) is 28.1 Å². The number of hydrogen-bond donors (Lipinski definition) is 3. The first-order valence-electron chi connectivity index (χ1n) is 13.8. The first kappa shape index (κ1) is 28.0. The van der Waals surface area contributed by atoms with Crippen molar-refractivity contribution in [2.24, 2.45) is 0 Å². The molecular formula is C30H28ClN9O3. The molecule has 43 heavy (non-hydrogen) atoms. The van der Waals surface area contributed by atoms with E-state index in [-0.39, 0.29) is 29.8 Å². The largest absolute Gasteiger partial charge is 0.359 e. The van der Waals surface area contributed by atoms with Gasteiger partial charge in [0.2, 0.25) is 11.8 Å². The number of benzene rings is 2. The molecule has 5 aromatic rings. The Labute approximate surface area is 251 Å². The van der Waals surface area contributed by atoms with Crippen LogP contribution in [0.15, 0.2) is 71.9 Å². The third-order valence-corrected chi connectivity index (χ3v) is 7.71. The molecule has 2 amide bonds.